The zero-order valence-corrected chi connectivity index (χ0v) is 16.9. The Balaban J connectivity index is 2.71. The van der Waals surface area contributed by atoms with Gasteiger partial charge in [0.2, 0.25) is 0 Å². The van der Waals surface area contributed by atoms with Gasteiger partial charge in [-0.05, 0) is 43.7 Å². The summed E-state index contributed by atoms with van der Waals surface area (Å²) in [6.45, 7) is 3.17. The minimum absolute atomic E-state index is 0.0174. The Morgan fingerprint density at radius 3 is 2.23 bits per heavy atom. The quantitative estimate of drug-likeness (QED) is 0.545. The number of anilines is 2. The Hall–Kier alpha value is -1.52. The van der Waals surface area contributed by atoms with E-state index in [9.17, 15) is 21.4 Å². The van der Waals surface area contributed by atoms with Gasteiger partial charge in [-0.3, -0.25) is 8.86 Å². The molecule has 2 aromatic carbocycles. The zero-order chi connectivity index (χ0) is 19.9. The highest BCUT2D eigenvalue weighted by Crippen LogP contribution is 2.35. The van der Waals surface area contributed by atoms with Gasteiger partial charge in [0.05, 0.1) is 26.3 Å². The fourth-order valence-electron chi connectivity index (χ4n) is 2.35. The van der Waals surface area contributed by atoms with Crippen molar-refractivity contribution in [2.45, 2.75) is 23.6 Å². The number of nitrogens with two attached hydrogens (primary N) is 1. The van der Waals surface area contributed by atoms with Crippen LogP contribution < -0.4 is 10.0 Å². The van der Waals surface area contributed by atoms with E-state index in [4.69, 9.17) is 28.9 Å². The lowest BCUT2D eigenvalue weighted by atomic mass is 10.2. The molecule has 0 saturated carbocycles. The largest absolute Gasteiger partial charge is 0.397 e. The van der Waals surface area contributed by atoms with Gasteiger partial charge < -0.3 is 5.73 Å². The molecule has 7 nitrogen and oxygen atoms in total. The minimum atomic E-state index is -4.50. The molecule has 0 heterocycles. The average Bonchev–Trinajstić information content (AvgIpc) is 2.51. The topological polar surface area (TPSA) is 118 Å². The maximum absolute atomic E-state index is 13.1. The summed E-state index contributed by atoms with van der Waals surface area (Å²) in [5.41, 5.74) is 6.33. The lowest BCUT2D eigenvalue weighted by Gasteiger charge is -2.25. The highest BCUT2D eigenvalue weighted by molar-refractivity contribution is 7.93. The van der Waals surface area contributed by atoms with Gasteiger partial charge in [-0.15, -0.1) is 0 Å². The van der Waals surface area contributed by atoms with E-state index in [1.807, 2.05) is 0 Å². The van der Waals surface area contributed by atoms with Gasteiger partial charge in [0.15, 0.2) is 0 Å². The molecule has 0 atom stereocenters. The summed E-state index contributed by atoms with van der Waals surface area (Å²) in [6.07, 6.45) is 0. The van der Waals surface area contributed by atoms with Gasteiger partial charge in [-0.2, -0.15) is 8.42 Å². The monoisotopic (exact) mass is 438 g/mol. The van der Waals surface area contributed by atoms with E-state index in [1.165, 1.54) is 18.2 Å². The molecule has 0 aromatic heterocycles. The van der Waals surface area contributed by atoms with Crippen LogP contribution in [0.5, 0.6) is 0 Å². The van der Waals surface area contributed by atoms with Gasteiger partial charge in [-0.25, -0.2) is 8.42 Å². The van der Waals surface area contributed by atoms with Crippen LogP contribution in [0.1, 0.15) is 12.5 Å². The number of hydrogen-bond acceptors (Lipinski definition) is 5. The Bertz CT molecular complexity index is 1070. The standard InChI is InChI=1S/C15H16Cl2N2O5S2/c1-3-19(14-6-10(26(22,23)24)5-4-9(14)2)25(20,21)15-8-11(16)13(18)7-12(15)17/h4-8H,3,18H2,1-2H3,(H,22,23,24). The number of halogens is 2. The number of rotatable bonds is 5. The second-order valence-electron chi connectivity index (χ2n) is 5.40. The summed E-state index contributed by atoms with van der Waals surface area (Å²) in [4.78, 5) is -0.690. The van der Waals surface area contributed by atoms with E-state index in [-0.39, 0.29) is 32.9 Å². The van der Waals surface area contributed by atoms with E-state index in [2.05, 4.69) is 0 Å². The van der Waals surface area contributed by atoms with Crippen LogP contribution in [0, 0.1) is 6.92 Å². The van der Waals surface area contributed by atoms with E-state index in [1.54, 1.807) is 13.8 Å². The molecule has 0 bridgehead atoms. The lowest BCUT2D eigenvalue weighted by molar-refractivity contribution is 0.483. The molecule has 26 heavy (non-hydrogen) atoms. The molecule has 142 valence electrons. The van der Waals surface area contributed by atoms with Crippen molar-refractivity contribution in [2.75, 3.05) is 16.6 Å². The molecule has 0 unspecified atom stereocenters. The van der Waals surface area contributed by atoms with Crippen LogP contribution in [-0.2, 0) is 20.1 Å². The molecular weight excluding hydrogens is 423 g/mol. The molecule has 3 N–H and O–H groups in total. The van der Waals surface area contributed by atoms with E-state index >= 15 is 0 Å². The fraction of sp³-hybridized carbons (Fsp3) is 0.200. The average molecular weight is 439 g/mol. The lowest BCUT2D eigenvalue weighted by Crippen LogP contribution is -2.31. The van der Waals surface area contributed by atoms with Crippen molar-refractivity contribution in [1.29, 1.82) is 0 Å². The fourth-order valence-corrected chi connectivity index (χ4v) is 5.15. The first-order chi connectivity index (χ1) is 11.9. The predicted octanol–water partition coefficient (Wildman–Crippen LogP) is 3.35. The smallest absolute Gasteiger partial charge is 0.294 e. The number of sulfonamides is 1. The maximum atomic E-state index is 13.1. The van der Waals surface area contributed by atoms with Gasteiger partial charge in [-0.1, -0.05) is 29.3 Å². The number of nitrogen functional groups attached to an aromatic ring is 1. The summed E-state index contributed by atoms with van der Waals surface area (Å²) < 4.78 is 59.2. The van der Waals surface area contributed by atoms with E-state index < -0.39 is 25.0 Å². The van der Waals surface area contributed by atoms with Gasteiger partial charge in [0.25, 0.3) is 20.1 Å². The van der Waals surface area contributed by atoms with Crippen molar-refractivity contribution in [3.63, 3.8) is 0 Å². The van der Waals surface area contributed by atoms with Crippen LogP contribution in [0.25, 0.3) is 0 Å². The molecule has 2 rings (SSSR count). The van der Waals surface area contributed by atoms with Crippen LogP contribution in [0.4, 0.5) is 11.4 Å². The number of hydrogen-bond donors (Lipinski definition) is 2. The van der Waals surface area contributed by atoms with Crippen molar-refractivity contribution in [3.8, 4) is 0 Å². The molecule has 0 aliphatic heterocycles. The predicted molar refractivity (Wildman–Crippen MR) is 102 cm³/mol. The first kappa shape index (κ1) is 20.8. The molecule has 0 aliphatic carbocycles. The molecule has 0 spiro atoms. The van der Waals surface area contributed by atoms with Crippen molar-refractivity contribution in [2.24, 2.45) is 0 Å². The van der Waals surface area contributed by atoms with Crippen molar-refractivity contribution < 1.29 is 21.4 Å². The first-order valence-corrected chi connectivity index (χ1v) is 10.9. The third-order valence-corrected chi connectivity index (χ3v) is 7.18. The number of nitrogens with zero attached hydrogens (tertiary/aromatic N) is 1. The third kappa shape index (κ3) is 3.91. The molecule has 11 heteroatoms. The zero-order valence-electron chi connectivity index (χ0n) is 13.8. The van der Waals surface area contributed by atoms with Crippen molar-refractivity contribution in [3.05, 3.63) is 45.9 Å². The van der Waals surface area contributed by atoms with Gasteiger partial charge >= 0.3 is 0 Å². The van der Waals surface area contributed by atoms with Crippen molar-refractivity contribution >= 4 is 54.7 Å². The van der Waals surface area contributed by atoms with Gasteiger partial charge in [0, 0.05) is 6.54 Å². The molecule has 0 aliphatic rings. The molecule has 0 fully saturated rings. The summed E-state index contributed by atoms with van der Waals surface area (Å²) in [7, 11) is -8.67. The summed E-state index contributed by atoms with van der Waals surface area (Å²) in [5, 5.41) is -0.0959. The highest BCUT2D eigenvalue weighted by atomic mass is 35.5. The normalized spacial score (nSPS) is 12.2. The van der Waals surface area contributed by atoms with Crippen LogP contribution in [0.15, 0.2) is 40.1 Å². The van der Waals surface area contributed by atoms with Crippen molar-refractivity contribution in [1.82, 2.24) is 0 Å². The summed E-state index contributed by atoms with van der Waals surface area (Å²) in [6, 6.07) is 6.03. The third-order valence-electron chi connectivity index (χ3n) is 3.65. The van der Waals surface area contributed by atoms with Crippen LogP contribution in [0.3, 0.4) is 0 Å². The summed E-state index contributed by atoms with van der Waals surface area (Å²) in [5.74, 6) is 0. The molecule has 0 saturated heterocycles. The van der Waals surface area contributed by atoms with E-state index in [0.29, 0.717) is 5.56 Å². The second-order valence-corrected chi connectivity index (χ2v) is 9.46. The molecule has 0 amide bonds. The maximum Gasteiger partial charge on any atom is 0.294 e. The number of benzene rings is 2. The Morgan fingerprint density at radius 2 is 1.69 bits per heavy atom. The molecule has 2 aromatic rings. The Labute approximate surface area is 162 Å². The second kappa shape index (κ2) is 7.24. The summed E-state index contributed by atoms with van der Waals surface area (Å²) >= 11 is 12.0. The van der Waals surface area contributed by atoms with E-state index in [0.717, 1.165) is 16.4 Å². The molecular formula is C15H16Cl2N2O5S2. The van der Waals surface area contributed by atoms with Crippen LogP contribution in [-0.4, -0.2) is 27.9 Å². The number of aryl methyl sites for hydroxylation is 1. The van der Waals surface area contributed by atoms with Gasteiger partial charge in [0.1, 0.15) is 4.90 Å². The first-order valence-electron chi connectivity index (χ1n) is 7.25. The Morgan fingerprint density at radius 1 is 1.08 bits per heavy atom. The van der Waals surface area contributed by atoms with Crippen LogP contribution >= 0.6 is 23.2 Å². The minimum Gasteiger partial charge on any atom is -0.397 e. The molecule has 0 radical (unpaired) electrons. The van der Waals surface area contributed by atoms with Crippen LogP contribution in [0.2, 0.25) is 10.0 Å². The highest BCUT2D eigenvalue weighted by Gasteiger charge is 2.29. The Kier molecular flexibility index (Phi) is 5.79. The SMILES string of the molecule is CCN(c1cc(S(=O)(=O)O)ccc1C)S(=O)(=O)c1cc(Cl)c(N)cc1Cl.